The van der Waals surface area contributed by atoms with Crippen LogP contribution in [0, 0.1) is 0 Å². The summed E-state index contributed by atoms with van der Waals surface area (Å²) < 4.78 is 5.71. The number of benzene rings is 8. The Bertz CT molecular complexity index is 2800. The molecule has 0 aliphatic rings. The number of para-hydroxylation sites is 7. The number of nitrogens with one attached hydrogen (secondary N) is 1. The molecule has 1 N–H and O–H groups in total. The lowest BCUT2D eigenvalue weighted by atomic mass is 9.93. The molecular formula is C48H31BrClN3. The van der Waals surface area contributed by atoms with Crippen LogP contribution in [-0.2, 0) is 0 Å². The molecule has 0 aliphatic carbocycles. The van der Waals surface area contributed by atoms with Gasteiger partial charge in [-0.1, -0.05) is 155 Å². The van der Waals surface area contributed by atoms with Gasteiger partial charge in [0.1, 0.15) is 0 Å². The predicted molar refractivity (Wildman–Crippen MR) is 228 cm³/mol. The molecule has 3 nitrogen and oxygen atoms in total. The second-order valence-electron chi connectivity index (χ2n) is 13.3. The first-order chi connectivity index (χ1) is 26.1. The highest BCUT2D eigenvalue weighted by molar-refractivity contribution is 9.10. The maximum absolute atomic E-state index is 6.68. The molecule has 0 amide bonds. The summed E-state index contributed by atoms with van der Waals surface area (Å²) in [5.41, 5.74) is 13.2. The van der Waals surface area contributed by atoms with Crippen molar-refractivity contribution in [3.63, 3.8) is 0 Å². The Hall–Kier alpha value is -6.07. The molecule has 0 saturated carbocycles. The number of hydrogen-bond acceptors (Lipinski definition) is 1. The normalized spacial score (nSPS) is 11.6. The Balaban J connectivity index is 1.33. The summed E-state index contributed by atoms with van der Waals surface area (Å²) in [7, 11) is 0. The number of nitrogens with zero attached hydrogens (tertiary/aromatic N) is 2. The first kappa shape index (κ1) is 31.6. The van der Waals surface area contributed by atoms with Gasteiger partial charge in [-0.05, 0) is 54.6 Å². The number of fused-ring (bicyclic) bond motifs is 6. The van der Waals surface area contributed by atoms with Crippen LogP contribution in [-0.4, -0.2) is 9.13 Å². The van der Waals surface area contributed by atoms with Crippen LogP contribution in [0.25, 0.3) is 77.2 Å². The van der Waals surface area contributed by atoms with E-state index in [4.69, 9.17) is 11.6 Å². The van der Waals surface area contributed by atoms with Crippen molar-refractivity contribution >= 4 is 82.5 Å². The first-order valence-corrected chi connectivity index (χ1v) is 18.8. The molecule has 0 aliphatic heterocycles. The minimum Gasteiger partial charge on any atom is -0.354 e. The van der Waals surface area contributed by atoms with Crippen LogP contribution in [0.2, 0.25) is 5.02 Å². The van der Waals surface area contributed by atoms with E-state index in [1.807, 2.05) is 12.1 Å². The molecule has 8 aromatic carbocycles. The molecule has 0 atom stereocenters. The fourth-order valence-corrected chi connectivity index (χ4v) is 8.93. The molecule has 252 valence electrons. The van der Waals surface area contributed by atoms with Crippen LogP contribution in [0.3, 0.4) is 0 Å². The number of rotatable bonds is 6. The van der Waals surface area contributed by atoms with Gasteiger partial charge in [-0.25, -0.2) is 0 Å². The van der Waals surface area contributed by atoms with Gasteiger partial charge in [-0.3, -0.25) is 0 Å². The van der Waals surface area contributed by atoms with Gasteiger partial charge in [-0.15, -0.1) is 0 Å². The van der Waals surface area contributed by atoms with Crippen molar-refractivity contribution < 1.29 is 0 Å². The predicted octanol–water partition coefficient (Wildman–Crippen LogP) is 14.4. The van der Waals surface area contributed by atoms with E-state index in [-0.39, 0.29) is 0 Å². The SMILES string of the molecule is Clc1cc(Br)cc(Nc2c(-c3cccc4c5ccccc5n(-c5ccccc5)c34)cccc2-c2cccc3c4ccccc4n(-c4ccccc4)c23)c1. The average molecular weight is 765 g/mol. The zero-order chi connectivity index (χ0) is 35.5. The van der Waals surface area contributed by atoms with Gasteiger partial charge < -0.3 is 14.5 Å². The van der Waals surface area contributed by atoms with E-state index in [2.05, 4.69) is 200 Å². The minimum atomic E-state index is 0.651. The van der Waals surface area contributed by atoms with Crippen molar-refractivity contribution in [3.05, 3.63) is 191 Å². The molecule has 2 heterocycles. The molecule has 2 aromatic heterocycles. The minimum absolute atomic E-state index is 0.651. The molecule has 0 fully saturated rings. The molecule has 10 rings (SSSR count). The van der Waals surface area contributed by atoms with Gasteiger partial charge in [0.15, 0.2) is 0 Å². The monoisotopic (exact) mass is 763 g/mol. The van der Waals surface area contributed by atoms with Crippen molar-refractivity contribution in [2.45, 2.75) is 0 Å². The smallest absolute Gasteiger partial charge is 0.0620 e. The van der Waals surface area contributed by atoms with Crippen molar-refractivity contribution in [1.29, 1.82) is 0 Å². The molecule has 0 saturated heterocycles. The lowest BCUT2D eigenvalue weighted by Crippen LogP contribution is -2.01. The molecule has 0 spiro atoms. The Labute approximate surface area is 320 Å². The average Bonchev–Trinajstić information content (AvgIpc) is 3.72. The summed E-state index contributed by atoms with van der Waals surface area (Å²) in [6.45, 7) is 0. The highest BCUT2D eigenvalue weighted by Gasteiger charge is 2.23. The van der Waals surface area contributed by atoms with E-state index < -0.39 is 0 Å². The highest BCUT2D eigenvalue weighted by atomic mass is 79.9. The summed E-state index contributed by atoms with van der Waals surface area (Å²) in [5.74, 6) is 0. The Kier molecular flexibility index (Phi) is 7.68. The van der Waals surface area contributed by atoms with E-state index in [1.165, 1.54) is 32.6 Å². The van der Waals surface area contributed by atoms with Gasteiger partial charge in [0.2, 0.25) is 0 Å². The van der Waals surface area contributed by atoms with Crippen molar-refractivity contribution in [3.8, 4) is 33.6 Å². The van der Waals surface area contributed by atoms with Crippen LogP contribution < -0.4 is 5.32 Å². The quantitative estimate of drug-likeness (QED) is 0.179. The van der Waals surface area contributed by atoms with Crippen LogP contribution in [0.4, 0.5) is 11.4 Å². The summed E-state index contributed by atoms with van der Waals surface area (Å²) in [4.78, 5) is 0. The van der Waals surface area contributed by atoms with E-state index >= 15 is 0 Å². The van der Waals surface area contributed by atoms with Gasteiger partial charge in [0.25, 0.3) is 0 Å². The number of halogens is 2. The lowest BCUT2D eigenvalue weighted by Gasteiger charge is -2.21. The van der Waals surface area contributed by atoms with Crippen molar-refractivity contribution in [1.82, 2.24) is 9.13 Å². The third-order valence-corrected chi connectivity index (χ3v) is 10.9. The number of aromatic nitrogens is 2. The Morgan fingerprint density at radius 2 is 0.849 bits per heavy atom. The van der Waals surface area contributed by atoms with Crippen LogP contribution in [0.5, 0.6) is 0 Å². The highest BCUT2D eigenvalue weighted by Crippen LogP contribution is 2.47. The van der Waals surface area contributed by atoms with Crippen LogP contribution >= 0.6 is 27.5 Å². The fourth-order valence-electron chi connectivity index (χ4n) is 8.07. The molecule has 0 unspecified atom stereocenters. The maximum Gasteiger partial charge on any atom is 0.0620 e. The topological polar surface area (TPSA) is 21.9 Å². The van der Waals surface area contributed by atoms with Gasteiger partial charge in [0.05, 0.1) is 27.8 Å². The largest absolute Gasteiger partial charge is 0.354 e. The van der Waals surface area contributed by atoms with E-state index in [9.17, 15) is 0 Å². The third-order valence-electron chi connectivity index (χ3n) is 10.2. The van der Waals surface area contributed by atoms with Crippen LogP contribution in [0.1, 0.15) is 0 Å². The third kappa shape index (κ3) is 5.25. The summed E-state index contributed by atoms with van der Waals surface area (Å²) in [6, 6.07) is 64.7. The molecular weight excluding hydrogens is 734 g/mol. The van der Waals surface area contributed by atoms with Gasteiger partial charge >= 0.3 is 0 Å². The van der Waals surface area contributed by atoms with Gasteiger partial charge in [-0.2, -0.15) is 0 Å². The van der Waals surface area contributed by atoms with E-state index in [0.717, 1.165) is 60.5 Å². The zero-order valence-electron chi connectivity index (χ0n) is 28.5. The zero-order valence-corrected chi connectivity index (χ0v) is 30.8. The van der Waals surface area contributed by atoms with E-state index in [1.54, 1.807) is 0 Å². The lowest BCUT2D eigenvalue weighted by molar-refractivity contribution is 1.18. The molecule has 0 radical (unpaired) electrons. The molecule has 10 aromatic rings. The Morgan fingerprint density at radius 1 is 0.415 bits per heavy atom. The Morgan fingerprint density at radius 3 is 1.36 bits per heavy atom. The second kappa shape index (κ2) is 12.9. The fraction of sp³-hybridized carbons (Fsp3) is 0. The summed E-state index contributed by atoms with van der Waals surface area (Å²) in [5, 5.41) is 9.40. The van der Waals surface area contributed by atoms with Crippen molar-refractivity contribution in [2.24, 2.45) is 0 Å². The maximum atomic E-state index is 6.68. The van der Waals surface area contributed by atoms with Crippen LogP contribution in [0.15, 0.2) is 186 Å². The number of anilines is 2. The second-order valence-corrected chi connectivity index (χ2v) is 14.6. The first-order valence-electron chi connectivity index (χ1n) is 17.7. The molecule has 53 heavy (non-hydrogen) atoms. The molecule has 5 heteroatoms. The molecule has 0 bridgehead atoms. The van der Waals surface area contributed by atoms with Gasteiger partial charge in [0, 0.05) is 70.4 Å². The number of hydrogen-bond donors (Lipinski definition) is 1. The van der Waals surface area contributed by atoms with E-state index in [0.29, 0.717) is 5.02 Å². The summed E-state index contributed by atoms with van der Waals surface area (Å²) in [6.07, 6.45) is 0. The standard InChI is InChI=1S/C48H31BrClN3/c49-31-28-32(50)30-33(29-31)51-46-38(42-24-12-22-40-36-18-7-9-26-44(36)52(47(40)42)34-14-3-1-4-15-34)20-11-21-39(46)43-25-13-23-41-37-19-8-10-27-45(37)53(48(41)43)35-16-5-2-6-17-35/h1-30,51H. The summed E-state index contributed by atoms with van der Waals surface area (Å²) >= 11 is 10.4. The van der Waals surface area contributed by atoms with Crippen molar-refractivity contribution in [2.75, 3.05) is 5.32 Å².